The molecule has 0 amide bonds. The second-order valence-electron chi connectivity index (χ2n) is 5.72. The summed E-state index contributed by atoms with van der Waals surface area (Å²) in [6.07, 6.45) is 0. The topological polar surface area (TPSA) is 75.4 Å². The van der Waals surface area contributed by atoms with Gasteiger partial charge in [0.15, 0.2) is 0 Å². The molecule has 0 radical (unpaired) electrons. The molecule has 0 bridgehead atoms. The Balaban J connectivity index is 2.45. The van der Waals surface area contributed by atoms with E-state index >= 15 is 0 Å². The molecule has 24 heavy (non-hydrogen) atoms. The number of benzene rings is 2. The summed E-state index contributed by atoms with van der Waals surface area (Å²) in [5.41, 5.74) is -0.309. The molecule has 2 N–H and O–H groups in total. The Labute approximate surface area is 141 Å². The Morgan fingerprint density at radius 3 is 2.58 bits per heavy atom. The first-order chi connectivity index (χ1) is 11.3. The van der Waals surface area contributed by atoms with Gasteiger partial charge in [-0.3, -0.25) is 9.36 Å². The highest BCUT2D eigenvalue weighted by atomic mass is 35.5. The Morgan fingerprint density at radius 2 is 1.92 bits per heavy atom. The molecule has 0 aliphatic heterocycles. The maximum absolute atomic E-state index is 14.4. The predicted octanol–water partition coefficient (Wildman–Crippen LogP) is 3.71. The van der Waals surface area contributed by atoms with E-state index in [9.17, 15) is 19.4 Å². The summed E-state index contributed by atoms with van der Waals surface area (Å²) < 4.78 is 15.5. The molecule has 1 heterocycles. The van der Waals surface area contributed by atoms with Gasteiger partial charge >= 0.3 is 0 Å². The van der Waals surface area contributed by atoms with Crippen LogP contribution in [-0.2, 0) is 0 Å². The largest absolute Gasteiger partial charge is 0.508 e. The molecule has 0 aliphatic carbocycles. The smallest absolute Gasteiger partial charge is 0.266 e. The van der Waals surface area contributed by atoms with E-state index in [-0.39, 0.29) is 33.5 Å². The number of nitrogens with zero attached hydrogens (tertiary/aromatic N) is 2. The molecule has 3 rings (SSSR count). The van der Waals surface area contributed by atoms with Crippen molar-refractivity contribution in [3.8, 4) is 17.2 Å². The van der Waals surface area contributed by atoms with Crippen molar-refractivity contribution in [1.29, 1.82) is 0 Å². The van der Waals surface area contributed by atoms with Crippen LogP contribution < -0.4 is 5.56 Å². The van der Waals surface area contributed by atoms with Crippen LogP contribution in [0.3, 0.4) is 0 Å². The molecule has 2 aromatic carbocycles. The first-order valence-corrected chi connectivity index (χ1v) is 7.61. The van der Waals surface area contributed by atoms with Crippen LogP contribution in [0, 0.1) is 5.82 Å². The number of fused-ring (bicyclic) bond motifs is 1. The van der Waals surface area contributed by atoms with Crippen LogP contribution in [0.2, 0.25) is 5.02 Å². The normalized spacial score (nSPS) is 11.4. The highest BCUT2D eigenvalue weighted by molar-refractivity contribution is 6.32. The van der Waals surface area contributed by atoms with E-state index < -0.39 is 11.4 Å². The van der Waals surface area contributed by atoms with Crippen molar-refractivity contribution in [1.82, 2.24) is 9.55 Å². The van der Waals surface area contributed by atoms with Crippen LogP contribution in [0.1, 0.15) is 25.6 Å². The molecular formula is C17H14ClFN2O3. The number of hydrogen-bond acceptors (Lipinski definition) is 4. The van der Waals surface area contributed by atoms with Gasteiger partial charge in [0.25, 0.3) is 5.56 Å². The van der Waals surface area contributed by atoms with Crippen LogP contribution in [0.4, 0.5) is 4.39 Å². The minimum atomic E-state index is -0.748. The third-order valence-corrected chi connectivity index (χ3v) is 3.96. The van der Waals surface area contributed by atoms with E-state index in [0.29, 0.717) is 11.3 Å². The van der Waals surface area contributed by atoms with E-state index in [2.05, 4.69) is 4.98 Å². The Hall–Kier alpha value is -2.60. The zero-order valence-electron chi connectivity index (χ0n) is 12.9. The van der Waals surface area contributed by atoms with E-state index in [1.165, 1.54) is 18.2 Å². The lowest BCUT2D eigenvalue weighted by Gasteiger charge is -2.17. The number of aromatic hydroxyl groups is 2. The summed E-state index contributed by atoms with van der Waals surface area (Å²) in [6.45, 7) is 3.61. The fraction of sp³-hybridized carbons (Fsp3) is 0.176. The zero-order valence-corrected chi connectivity index (χ0v) is 13.7. The van der Waals surface area contributed by atoms with Gasteiger partial charge in [-0.15, -0.1) is 0 Å². The molecule has 0 unspecified atom stereocenters. The molecule has 0 atom stereocenters. The molecule has 124 valence electrons. The fourth-order valence-corrected chi connectivity index (χ4v) is 2.66. The molecule has 3 aromatic rings. The van der Waals surface area contributed by atoms with Crippen LogP contribution in [-0.4, -0.2) is 19.8 Å². The number of aromatic nitrogens is 2. The monoisotopic (exact) mass is 348 g/mol. The van der Waals surface area contributed by atoms with Crippen molar-refractivity contribution in [2.24, 2.45) is 0 Å². The van der Waals surface area contributed by atoms with Gasteiger partial charge in [-0.2, -0.15) is 0 Å². The summed E-state index contributed by atoms with van der Waals surface area (Å²) in [5, 5.41) is 19.5. The van der Waals surface area contributed by atoms with Gasteiger partial charge in [0.2, 0.25) is 0 Å². The van der Waals surface area contributed by atoms with Gasteiger partial charge in [0, 0.05) is 18.1 Å². The first kappa shape index (κ1) is 16.3. The molecule has 0 aliphatic rings. The molecule has 0 fully saturated rings. The summed E-state index contributed by atoms with van der Waals surface area (Å²) in [4.78, 5) is 17.3. The summed E-state index contributed by atoms with van der Waals surface area (Å²) in [7, 11) is 0. The zero-order chi connectivity index (χ0) is 17.6. The van der Waals surface area contributed by atoms with Crippen LogP contribution >= 0.6 is 11.6 Å². The lowest BCUT2D eigenvalue weighted by atomic mass is 10.1. The van der Waals surface area contributed by atoms with Crippen LogP contribution in [0.15, 0.2) is 35.1 Å². The molecule has 0 saturated heterocycles. The number of hydrogen-bond donors (Lipinski definition) is 2. The highest BCUT2D eigenvalue weighted by Gasteiger charge is 2.19. The Bertz CT molecular complexity index is 1010. The van der Waals surface area contributed by atoms with E-state index in [1.807, 2.05) is 0 Å². The molecule has 5 nitrogen and oxygen atoms in total. The lowest BCUT2D eigenvalue weighted by Crippen LogP contribution is -2.25. The number of rotatable bonds is 2. The van der Waals surface area contributed by atoms with Crippen LogP contribution in [0.25, 0.3) is 16.6 Å². The van der Waals surface area contributed by atoms with Gasteiger partial charge in [0.05, 0.1) is 21.6 Å². The Morgan fingerprint density at radius 1 is 1.21 bits per heavy atom. The second-order valence-corrected chi connectivity index (χ2v) is 6.13. The van der Waals surface area contributed by atoms with Gasteiger partial charge in [0.1, 0.15) is 23.1 Å². The van der Waals surface area contributed by atoms with E-state index in [4.69, 9.17) is 11.6 Å². The van der Waals surface area contributed by atoms with E-state index in [0.717, 1.165) is 16.7 Å². The minimum absolute atomic E-state index is 0.0165. The summed E-state index contributed by atoms with van der Waals surface area (Å²) in [5.74, 6) is -1.00. The predicted molar refractivity (Wildman–Crippen MR) is 89.7 cm³/mol. The van der Waals surface area contributed by atoms with Crippen molar-refractivity contribution in [2.75, 3.05) is 0 Å². The third-order valence-electron chi connectivity index (χ3n) is 3.65. The van der Waals surface area contributed by atoms with Crippen LogP contribution in [0.5, 0.6) is 11.5 Å². The molecular weight excluding hydrogens is 335 g/mol. The number of phenols is 2. The van der Waals surface area contributed by atoms with Gasteiger partial charge in [-0.1, -0.05) is 25.4 Å². The van der Waals surface area contributed by atoms with Gasteiger partial charge in [-0.05, 0) is 18.2 Å². The quantitative estimate of drug-likeness (QED) is 0.740. The highest BCUT2D eigenvalue weighted by Crippen LogP contribution is 2.30. The second kappa shape index (κ2) is 5.79. The maximum Gasteiger partial charge on any atom is 0.266 e. The lowest BCUT2D eigenvalue weighted by molar-refractivity contribution is 0.472. The summed E-state index contributed by atoms with van der Waals surface area (Å²) >= 11 is 5.71. The van der Waals surface area contributed by atoms with Crippen molar-refractivity contribution < 1.29 is 14.6 Å². The SMILES string of the molecule is CC(C)c1nc2cc(O)ccc2c(=O)n1-c1cc(O)c(Cl)cc1F. The van der Waals surface area contributed by atoms with Crippen molar-refractivity contribution in [3.63, 3.8) is 0 Å². The fourth-order valence-electron chi connectivity index (χ4n) is 2.51. The minimum Gasteiger partial charge on any atom is -0.508 e. The van der Waals surface area contributed by atoms with Crippen molar-refractivity contribution in [3.05, 3.63) is 57.3 Å². The van der Waals surface area contributed by atoms with Crippen molar-refractivity contribution in [2.45, 2.75) is 19.8 Å². The number of halogens is 2. The van der Waals surface area contributed by atoms with Gasteiger partial charge in [-0.25, -0.2) is 9.37 Å². The average Bonchev–Trinajstić information content (AvgIpc) is 2.51. The Kier molecular flexibility index (Phi) is 3.93. The summed E-state index contributed by atoms with van der Waals surface area (Å²) in [6, 6.07) is 6.21. The molecule has 1 aromatic heterocycles. The van der Waals surface area contributed by atoms with Crippen molar-refractivity contribution >= 4 is 22.5 Å². The molecule has 0 saturated carbocycles. The van der Waals surface area contributed by atoms with Gasteiger partial charge < -0.3 is 10.2 Å². The average molecular weight is 349 g/mol. The first-order valence-electron chi connectivity index (χ1n) is 7.23. The van der Waals surface area contributed by atoms with E-state index in [1.54, 1.807) is 13.8 Å². The molecule has 7 heteroatoms. The number of phenolic OH excluding ortho intramolecular Hbond substituents is 2. The third kappa shape index (κ3) is 2.59. The molecule has 0 spiro atoms. The standard InChI is InChI=1S/C17H14ClFN2O3/c1-8(2)16-20-13-5-9(22)3-4-10(13)17(24)21(16)14-7-15(23)11(18)6-12(14)19/h3-8,22-23H,1-2H3. The maximum atomic E-state index is 14.4.